The molecule has 1 saturated heterocycles. The molecule has 5 rings (SSSR count). The van der Waals surface area contributed by atoms with Gasteiger partial charge in [-0.3, -0.25) is 9.59 Å². The number of imide groups is 1. The van der Waals surface area contributed by atoms with E-state index in [0.29, 0.717) is 19.5 Å². The van der Waals surface area contributed by atoms with Crippen LogP contribution in [0.1, 0.15) is 57.2 Å². The molecule has 180 valence electrons. The number of aromatic nitrogens is 1. The number of hydrogen-bond acceptors (Lipinski definition) is 4. The third-order valence-electron chi connectivity index (χ3n) is 7.69. The first kappa shape index (κ1) is 22.5. The average Bonchev–Trinajstić information content (AvgIpc) is 3.32. The fraction of sp³-hybridized carbons (Fsp3) is 0.500. The van der Waals surface area contributed by atoms with Crippen molar-refractivity contribution in [3.05, 3.63) is 41.1 Å². The second kappa shape index (κ2) is 8.49. The minimum absolute atomic E-state index is 0.303. The van der Waals surface area contributed by atoms with Crippen LogP contribution in [0.3, 0.4) is 0 Å². The molecule has 3 aliphatic rings. The molecular weight excluding hydrogens is 432 g/mol. The Hall–Kier alpha value is -3.29. The molecule has 2 aromatic rings. The summed E-state index contributed by atoms with van der Waals surface area (Å²) >= 11 is 0. The number of carbonyl (C=O) groups excluding carboxylic acids is 3. The topological polar surface area (TPSA) is 94.7 Å². The summed E-state index contributed by atoms with van der Waals surface area (Å²) in [5.41, 5.74) is 2.85. The number of fused-ring (bicyclic) bond motifs is 5. The van der Waals surface area contributed by atoms with Gasteiger partial charge in [-0.25, -0.2) is 9.69 Å². The Morgan fingerprint density at radius 2 is 2.09 bits per heavy atom. The Morgan fingerprint density at radius 1 is 1.26 bits per heavy atom. The van der Waals surface area contributed by atoms with E-state index >= 15 is 0 Å². The van der Waals surface area contributed by atoms with Gasteiger partial charge in [-0.1, -0.05) is 11.6 Å². The van der Waals surface area contributed by atoms with Gasteiger partial charge < -0.3 is 19.9 Å². The number of rotatable bonds is 6. The van der Waals surface area contributed by atoms with Gasteiger partial charge in [0, 0.05) is 24.0 Å². The van der Waals surface area contributed by atoms with Crippen LogP contribution >= 0.6 is 0 Å². The number of nitrogens with zero attached hydrogens (tertiary/aromatic N) is 2. The second-order valence-electron chi connectivity index (χ2n) is 9.65. The number of H-pyrrole nitrogens is 1. The van der Waals surface area contributed by atoms with E-state index in [1.165, 1.54) is 18.4 Å². The highest BCUT2D eigenvalue weighted by molar-refractivity contribution is 6.11. The third-order valence-corrected chi connectivity index (χ3v) is 7.69. The zero-order chi connectivity index (χ0) is 24.0. The molecule has 2 unspecified atom stereocenters. The van der Waals surface area contributed by atoms with Crippen molar-refractivity contribution in [2.45, 2.75) is 64.0 Å². The molecule has 0 radical (unpaired) electrons. The van der Waals surface area contributed by atoms with Crippen molar-refractivity contribution in [1.29, 1.82) is 0 Å². The minimum Gasteiger partial charge on any atom is -0.497 e. The summed E-state index contributed by atoms with van der Waals surface area (Å²) in [6.45, 7) is 4.33. The maximum Gasteiger partial charge on any atom is 0.328 e. The van der Waals surface area contributed by atoms with Gasteiger partial charge in [-0.05, 0) is 76.1 Å². The SMILES string of the molecule is COc1ccc2[nH]c3c(c2c1)CCN1C(=O)N(C(C)C(=O)NCCC2=CCCCC2)C(=O)C31C. The lowest BCUT2D eigenvalue weighted by molar-refractivity contribution is -0.139. The molecule has 1 aromatic carbocycles. The quantitative estimate of drug-likeness (QED) is 0.504. The maximum absolute atomic E-state index is 13.7. The van der Waals surface area contributed by atoms with Gasteiger partial charge in [0.2, 0.25) is 5.91 Å². The monoisotopic (exact) mass is 464 g/mol. The average molecular weight is 465 g/mol. The zero-order valence-corrected chi connectivity index (χ0v) is 20.1. The van der Waals surface area contributed by atoms with Crippen LogP contribution in [-0.2, 0) is 21.5 Å². The predicted molar refractivity (Wildman–Crippen MR) is 128 cm³/mol. The number of amides is 4. The van der Waals surface area contributed by atoms with Crippen LogP contribution in [0, 0.1) is 0 Å². The molecular formula is C26H32N4O4. The molecule has 1 aliphatic carbocycles. The van der Waals surface area contributed by atoms with Crippen molar-refractivity contribution < 1.29 is 19.1 Å². The molecule has 0 saturated carbocycles. The van der Waals surface area contributed by atoms with E-state index in [4.69, 9.17) is 4.74 Å². The third kappa shape index (κ3) is 3.38. The van der Waals surface area contributed by atoms with E-state index in [0.717, 1.165) is 52.1 Å². The second-order valence-corrected chi connectivity index (χ2v) is 9.65. The molecule has 4 amide bonds. The smallest absolute Gasteiger partial charge is 0.328 e. The number of ether oxygens (including phenoxy) is 1. The van der Waals surface area contributed by atoms with E-state index in [9.17, 15) is 14.4 Å². The van der Waals surface area contributed by atoms with Crippen LogP contribution in [-0.4, -0.2) is 58.9 Å². The molecule has 2 aliphatic heterocycles. The molecule has 2 atom stereocenters. The first-order chi connectivity index (χ1) is 16.4. The number of aromatic amines is 1. The van der Waals surface area contributed by atoms with Crippen LogP contribution in [0.2, 0.25) is 0 Å². The summed E-state index contributed by atoms with van der Waals surface area (Å²) < 4.78 is 5.38. The van der Waals surface area contributed by atoms with Crippen LogP contribution < -0.4 is 10.1 Å². The number of carbonyl (C=O) groups is 3. The normalized spacial score (nSPS) is 23.0. The van der Waals surface area contributed by atoms with Gasteiger partial charge in [-0.15, -0.1) is 0 Å². The molecule has 8 nitrogen and oxygen atoms in total. The fourth-order valence-corrected chi connectivity index (χ4v) is 5.66. The molecule has 34 heavy (non-hydrogen) atoms. The van der Waals surface area contributed by atoms with E-state index in [1.54, 1.807) is 25.9 Å². The van der Waals surface area contributed by atoms with Crippen LogP contribution in [0.4, 0.5) is 4.79 Å². The number of benzene rings is 1. The maximum atomic E-state index is 13.7. The van der Waals surface area contributed by atoms with Crippen LogP contribution in [0.5, 0.6) is 5.75 Å². The summed E-state index contributed by atoms with van der Waals surface area (Å²) in [7, 11) is 1.62. The molecule has 3 heterocycles. The van der Waals surface area contributed by atoms with Gasteiger partial charge in [0.1, 0.15) is 11.8 Å². The Balaban J connectivity index is 1.37. The van der Waals surface area contributed by atoms with Crippen molar-refractivity contribution in [2.24, 2.45) is 0 Å². The lowest BCUT2D eigenvalue weighted by atomic mass is 9.87. The van der Waals surface area contributed by atoms with Gasteiger partial charge >= 0.3 is 6.03 Å². The molecule has 0 bridgehead atoms. The lowest BCUT2D eigenvalue weighted by Gasteiger charge is -2.36. The highest BCUT2D eigenvalue weighted by Crippen LogP contribution is 2.45. The number of allylic oxidation sites excluding steroid dienone is 1. The first-order valence-electron chi connectivity index (χ1n) is 12.2. The molecule has 1 aromatic heterocycles. The molecule has 1 fully saturated rings. The zero-order valence-electron chi connectivity index (χ0n) is 20.1. The van der Waals surface area contributed by atoms with Crippen LogP contribution in [0.25, 0.3) is 10.9 Å². The molecule has 2 N–H and O–H groups in total. The summed E-state index contributed by atoms with van der Waals surface area (Å²) in [6, 6.07) is 4.47. The van der Waals surface area contributed by atoms with Gasteiger partial charge in [0.05, 0.1) is 12.8 Å². The fourth-order valence-electron chi connectivity index (χ4n) is 5.66. The summed E-state index contributed by atoms with van der Waals surface area (Å²) in [5, 5.41) is 3.93. The summed E-state index contributed by atoms with van der Waals surface area (Å²) in [6.07, 6.45) is 8.32. The van der Waals surface area contributed by atoms with Crippen molar-refractivity contribution >= 4 is 28.7 Å². The molecule has 0 spiro atoms. The highest BCUT2D eigenvalue weighted by Gasteiger charge is 2.60. The summed E-state index contributed by atoms with van der Waals surface area (Å²) in [5.74, 6) is 0.0735. The van der Waals surface area contributed by atoms with E-state index in [1.807, 2.05) is 18.2 Å². The lowest BCUT2D eigenvalue weighted by Crippen LogP contribution is -2.50. The van der Waals surface area contributed by atoms with Gasteiger partial charge in [0.25, 0.3) is 5.91 Å². The number of nitrogens with one attached hydrogen (secondary N) is 2. The largest absolute Gasteiger partial charge is 0.497 e. The number of hydrogen-bond donors (Lipinski definition) is 2. The molecule has 8 heteroatoms. The predicted octanol–water partition coefficient (Wildman–Crippen LogP) is 3.61. The van der Waals surface area contributed by atoms with Crippen molar-refractivity contribution in [3.8, 4) is 5.75 Å². The van der Waals surface area contributed by atoms with Crippen molar-refractivity contribution in [3.63, 3.8) is 0 Å². The van der Waals surface area contributed by atoms with Gasteiger partial charge in [0.15, 0.2) is 5.54 Å². The van der Waals surface area contributed by atoms with E-state index in [-0.39, 0.29) is 11.8 Å². The number of methoxy groups -OCH3 is 1. The van der Waals surface area contributed by atoms with Crippen molar-refractivity contribution in [2.75, 3.05) is 20.2 Å². The Labute approximate surface area is 199 Å². The van der Waals surface area contributed by atoms with Crippen LogP contribution in [0.15, 0.2) is 29.8 Å². The Bertz CT molecular complexity index is 1200. The van der Waals surface area contributed by atoms with E-state index in [2.05, 4.69) is 16.4 Å². The minimum atomic E-state index is -1.17. The Kier molecular flexibility index (Phi) is 5.62. The van der Waals surface area contributed by atoms with Crippen molar-refractivity contribution in [1.82, 2.24) is 20.1 Å². The standard InChI is InChI=1S/C26H32N4O4/c1-16(23(31)27-13-11-17-7-5-4-6-8-17)30-24(32)26(2)22-19(12-14-29(26)25(30)33)20-15-18(34-3)9-10-21(20)28-22/h7,9-10,15-16,28H,4-6,8,11-14H2,1-3H3,(H,27,31). The van der Waals surface area contributed by atoms with Gasteiger partial charge in [-0.2, -0.15) is 0 Å². The highest BCUT2D eigenvalue weighted by atomic mass is 16.5. The van der Waals surface area contributed by atoms with E-state index < -0.39 is 17.6 Å². The Morgan fingerprint density at radius 3 is 2.82 bits per heavy atom. The first-order valence-corrected chi connectivity index (χ1v) is 12.2. The summed E-state index contributed by atoms with van der Waals surface area (Å²) in [4.78, 5) is 46.1. The number of urea groups is 1.